The van der Waals surface area contributed by atoms with Crippen molar-refractivity contribution in [3.05, 3.63) is 23.5 Å². The van der Waals surface area contributed by atoms with Gasteiger partial charge in [-0.3, -0.25) is 14.6 Å². The van der Waals surface area contributed by atoms with Crippen molar-refractivity contribution in [2.24, 2.45) is 5.73 Å². The topological polar surface area (TPSA) is 102 Å². The lowest BCUT2D eigenvalue weighted by atomic mass is 10.00. The molecule has 2 amide bonds. The third-order valence-electron chi connectivity index (χ3n) is 3.43. The molecular weight excluding hydrogens is 244 g/mol. The van der Waals surface area contributed by atoms with Crippen LogP contribution in [-0.2, 0) is 4.79 Å². The van der Waals surface area contributed by atoms with Crippen LogP contribution in [0, 0.1) is 6.92 Å². The fourth-order valence-corrected chi connectivity index (χ4v) is 2.39. The number of piperidine rings is 1. The first-order chi connectivity index (χ1) is 9.00. The van der Waals surface area contributed by atoms with Crippen LogP contribution in [0.1, 0.15) is 35.3 Å². The predicted octanol–water partition coefficient (Wildman–Crippen LogP) is 0.452. The molecular formula is C13H18N4O2. The molecule has 1 aliphatic rings. The lowest BCUT2D eigenvalue weighted by Crippen LogP contribution is -2.50. The van der Waals surface area contributed by atoms with Crippen molar-refractivity contribution in [3.63, 3.8) is 0 Å². The SMILES string of the molecule is Cc1ncc(N)cc1C(=O)N1CCCCC1C(N)=O. The number of nitrogens with two attached hydrogens (primary N) is 2. The number of carbonyl (C=O) groups is 2. The molecule has 0 aromatic carbocycles. The fourth-order valence-electron chi connectivity index (χ4n) is 2.39. The van der Waals surface area contributed by atoms with E-state index < -0.39 is 11.9 Å². The summed E-state index contributed by atoms with van der Waals surface area (Å²) in [7, 11) is 0. The highest BCUT2D eigenvalue weighted by molar-refractivity contribution is 5.98. The monoisotopic (exact) mass is 262 g/mol. The van der Waals surface area contributed by atoms with Crippen molar-refractivity contribution in [1.82, 2.24) is 9.88 Å². The Hall–Kier alpha value is -2.11. The molecule has 0 spiro atoms. The Bertz CT molecular complexity index is 515. The van der Waals surface area contributed by atoms with Gasteiger partial charge in [0.25, 0.3) is 5.91 Å². The van der Waals surface area contributed by atoms with Gasteiger partial charge >= 0.3 is 0 Å². The molecule has 0 bridgehead atoms. The van der Waals surface area contributed by atoms with E-state index in [0.29, 0.717) is 29.9 Å². The number of nitrogen functional groups attached to an aromatic ring is 1. The zero-order valence-electron chi connectivity index (χ0n) is 10.9. The lowest BCUT2D eigenvalue weighted by molar-refractivity contribution is -0.123. The normalized spacial score (nSPS) is 19.2. The van der Waals surface area contributed by atoms with E-state index in [1.165, 1.54) is 11.1 Å². The minimum absolute atomic E-state index is 0.221. The average Bonchev–Trinajstić information content (AvgIpc) is 2.40. The highest BCUT2D eigenvalue weighted by Crippen LogP contribution is 2.21. The lowest BCUT2D eigenvalue weighted by Gasteiger charge is -2.33. The van der Waals surface area contributed by atoms with E-state index in [1.807, 2.05) is 0 Å². The van der Waals surface area contributed by atoms with Gasteiger partial charge in [-0.15, -0.1) is 0 Å². The van der Waals surface area contributed by atoms with Crippen molar-refractivity contribution in [1.29, 1.82) is 0 Å². The summed E-state index contributed by atoms with van der Waals surface area (Å²) >= 11 is 0. The van der Waals surface area contributed by atoms with E-state index in [-0.39, 0.29) is 5.91 Å². The first-order valence-electron chi connectivity index (χ1n) is 6.33. The molecule has 2 rings (SSSR count). The molecule has 1 aromatic heterocycles. The molecule has 1 saturated heterocycles. The van der Waals surface area contributed by atoms with E-state index in [9.17, 15) is 9.59 Å². The van der Waals surface area contributed by atoms with Gasteiger partial charge < -0.3 is 16.4 Å². The summed E-state index contributed by atoms with van der Waals surface area (Å²) in [5.74, 6) is -0.677. The van der Waals surface area contributed by atoms with Gasteiger partial charge in [-0.1, -0.05) is 0 Å². The Kier molecular flexibility index (Phi) is 3.69. The molecule has 19 heavy (non-hydrogen) atoms. The van der Waals surface area contributed by atoms with Crippen molar-refractivity contribution >= 4 is 17.5 Å². The summed E-state index contributed by atoms with van der Waals surface area (Å²) in [4.78, 5) is 29.6. The first-order valence-corrected chi connectivity index (χ1v) is 6.33. The number of aryl methyl sites for hydroxylation is 1. The summed E-state index contributed by atoms with van der Waals surface area (Å²) in [6.07, 6.45) is 3.92. The van der Waals surface area contributed by atoms with Crippen LogP contribution in [0.2, 0.25) is 0 Å². The Morgan fingerprint density at radius 2 is 2.16 bits per heavy atom. The molecule has 6 heteroatoms. The third kappa shape index (κ3) is 2.67. The molecule has 0 radical (unpaired) electrons. The summed E-state index contributed by atoms with van der Waals surface area (Å²) in [5.41, 5.74) is 12.5. The second kappa shape index (κ2) is 5.26. The minimum atomic E-state index is -0.526. The van der Waals surface area contributed by atoms with Crippen molar-refractivity contribution in [2.75, 3.05) is 12.3 Å². The van der Waals surface area contributed by atoms with E-state index in [4.69, 9.17) is 11.5 Å². The Morgan fingerprint density at radius 3 is 2.84 bits per heavy atom. The number of carbonyl (C=O) groups excluding carboxylic acids is 2. The maximum absolute atomic E-state index is 12.5. The number of hydrogen-bond donors (Lipinski definition) is 2. The molecule has 4 N–H and O–H groups in total. The predicted molar refractivity (Wildman–Crippen MR) is 71.3 cm³/mol. The molecule has 1 atom stereocenters. The summed E-state index contributed by atoms with van der Waals surface area (Å²) in [6.45, 7) is 2.29. The van der Waals surface area contributed by atoms with E-state index in [1.54, 1.807) is 13.0 Å². The van der Waals surface area contributed by atoms with Gasteiger partial charge in [-0.25, -0.2) is 0 Å². The molecule has 1 aliphatic heterocycles. The summed E-state index contributed by atoms with van der Waals surface area (Å²) in [5, 5.41) is 0. The van der Waals surface area contributed by atoms with Crippen LogP contribution in [-0.4, -0.2) is 34.3 Å². The average molecular weight is 262 g/mol. The number of rotatable bonds is 2. The van der Waals surface area contributed by atoms with E-state index in [2.05, 4.69) is 4.98 Å². The molecule has 1 aromatic rings. The summed E-state index contributed by atoms with van der Waals surface area (Å²) < 4.78 is 0. The molecule has 0 aliphatic carbocycles. The van der Waals surface area contributed by atoms with E-state index in [0.717, 1.165) is 12.8 Å². The van der Waals surface area contributed by atoms with Gasteiger partial charge in [0.15, 0.2) is 0 Å². The van der Waals surface area contributed by atoms with Crippen LogP contribution in [0.5, 0.6) is 0 Å². The van der Waals surface area contributed by atoms with Crippen molar-refractivity contribution in [2.45, 2.75) is 32.2 Å². The first kappa shape index (κ1) is 13.3. The second-order valence-corrected chi connectivity index (χ2v) is 4.81. The summed E-state index contributed by atoms with van der Waals surface area (Å²) in [6, 6.07) is 1.07. The van der Waals surface area contributed by atoms with Crippen LogP contribution in [0.25, 0.3) is 0 Å². The van der Waals surface area contributed by atoms with Crippen LogP contribution in [0.3, 0.4) is 0 Å². The third-order valence-corrected chi connectivity index (χ3v) is 3.43. The van der Waals surface area contributed by atoms with Gasteiger partial charge in [0.2, 0.25) is 5.91 Å². The Balaban J connectivity index is 2.31. The number of pyridine rings is 1. The number of amides is 2. The molecule has 102 valence electrons. The number of aromatic nitrogens is 1. The molecule has 1 unspecified atom stereocenters. The Morgan fingerprint density at radius 1 is 1.42 bits per heavy atom. The van der Waals surface area contributed by atoms with Gasteiger partial charge in [0.05, 0.1) is 23.1 Å². The maximum atomic E-state index is 12.5. The molecule has 1 fully saturated rings. The van der Waals surface area contributed by atoms with Gasteiger partial charge in [0, 0.05) is 6.54 Å². The largest absolute Gasteiger partial charge is 0.397 e. The van der Waals surface area contributed by atoms with Gasteiger partial charge in [0.1, 0.15) is 6.04 Å². The molecule has 2 heterocycles. The smallest absolute Gasteiger partial charge is 0.256 e. The number of nitrogens with zero attached hydrogens (tertiary/aromatic N) is 2. The standard InChI is InChI=1S/C13H18N4O2/c1-8-10(6-9(14)7-16-8)13(19)17-5-3-2-4-11(17)12(15)18/h6-7,11H,2-5,14H2,1H3,(H2,15,18). The van der Waals surface area contributed by atoms with Gasteiger partial charge in [-0.2, -0.15) is 0 Å². The Labute approximate surface area is 111 Å². The van der Waals surface area contributed by atoms with E-state index >= 15 is 0 Å². The van der Waals surface area contributed by atoms with Crippen molar-refractivity contribution in [3.8, 4) is 0 Å². The van der Waals surface area contributed by atoms with Crippen LogP contribution >= 0.6 is 0 Å². The minimum Gasteiger partial charge on any atom is -0.397 e. The van der Waals surface area contributed by atoms with Crippen molar-refractivity contribution < 1.29 is 9.59 Å². The second-order valence-electron chi connectivity index (χ2n) is 4.81. The van der Waals surface area contributed by atoms with Gasteiger partial charge in [-0.05, 0) is 32.3 Å². The van der Waals surface area contributed by atoms with Crippen LogP contribution in [0.4, 0.5) is 5.69 Å². The molecule has 0 saturated carbocycles. The number of likely N-dealkylation sites (tertiary alicyclic amines) is 1. The van der Waals surface area contributed by atoms with Crippen LogP contribution < -0.4 is 11.5 Å². The number of anilines is 1. The highest BCUT2D eigenvalue weighted by Gasteiger charge is 2.31. The molecule has 6 nitrogen and oxygen atoms in total. The maximum Gasteiger partial charge on any atom is 0.256 e. The number of hydrogen-bond acceptors (Lipinski definition) is 4. The number of primary amides is 1. The fraction of sp³-hybridized carbons (Fsp3) is 0.462. The van der Waals surface area contributed by atoms with Crippen LogP contribution in [0.15, 0.2) is 12.3 Å². The zero-order chi connectivity index (χ0) is 14.0. The highest BCUT2D eigenvalue weighted by atomic mass is 16.2. The zero-order valence-corrected chi connectivity index (χ0v) is 10.9. The quantitative estimate of drug-likeness (QED) is 0.807.